The van der Waals surface area contributed by atoms with E-state index in [9.17, 15) is 15.0 Å². The van der Waals surface area contributed by atoms with Gasteiger partial charge >= 0.3 is 0 Å². The molecule has 2 aromatic carbocycles. The topological polar surface area (TPSA) is 91.3 Å². The number of anilines is 1. The first-order valence-corrected chi connectivity index (χ1v) is 10.3. The monoisotopic (exact) mass is 434 g/mol. The minimum atomic E-state index is -0.765. The molecule has 1 heterocycles. The number of aliphatic hydroxyl groups excluding tert-OH is 2. The maximum Gasteiger partial charge on any atom is 0.221 e. The van der Waals surface area contributed by atoms with Crippen molar-refractivity contribution in [3.8, 4) is 11.5 Å². The molecule has 0 bridgehead atoms. The molecule has 3 unspecified atom stereocenters. The molecule has 1 aliphatic rings. The van der Waals surface area contributed by atoms with E-state index in [1.165, 1.54) is 6.92 Å². The second kappa shape index (κ2) is 10.6. The molecule has 1 saturated heterocycles. The predicted molar refractivity (Wildman–Crippen MR) is 115 cm³/mol. The number of halogens is 1. The van der Waals surface area contributed by atoms with Gasteiger partial charge in [-0.1, -0.05) is 23.7 Å². The molecule has 1 amide bonds. The van der Waals surface area contributed by atoms with Gasteiger partial charge in [0.2, 0.25) is 5.91 Å². The Morgan fingerprint density at radius 1 is 1.27 bits per heavy atom. The van der Waals surface area contributed by atoms with Crippen LogP contribution in [0.2, 0.25) is 5.02 Å². The maximum absolute atomic E-state index is 11.3. The molecular formula is C22H27ClN2O5. The number of para-hydroxylation sites is 2. The van der Waals surface area contributed by atoms with Crippen LogP contribution >= 0.6 is 11.6 Å². The van der Waals surface area contributed by atoms with Gasteiger partial charge in [-0.2, -0.15) is 0 Å². The molecule has 2 aromatic rings. The van der Waals surface area contributed by atoms with Crippen LogP contribution in [0, 0.1) is 0 Å². The Balaban J connectivity index is 1.52. The molecule has 1 fully saturated rings. The zero-order valence-corrected chi connectivity index (χ0v) is 17.6. The number of ether oxygens (including phenoxy) is 2. The van der Waals surface area contributed by atoms with E-state index >= 15 is 0 Å². The molecule has 0 saturated carbocycles. The Kier molecular flexibility index (Phi) is 7.93. The van der Waals surface area contributed by atoms with Gasteiger partial charge in [0.15, 0.2) is 0 Å². The van der Waals surface area contributed by atoms with Gasteiger partial charge in [-0.3, -0.25) is 9.69 Å². The zero-order valence-electron chi connectivity index (χ0n) is 16.8. The standard InChI is InChI=1S/C22H27ClN2O5/c1-15(27)24-21-4-2-3-5-22(21)29-14-18(28)11-25-12-20(10-17(25)13-26)30-19-8-6-16(23)7-9-19/h2-9,17-18,20,26,28H,10-14H2,1H3,(H,24,27). The number of rotatable bonds is 9. The van der Waals surface area contributed by atoms with Crippen molar-refractivity contribution < 1.29 is 24.5 Å². The summed E-state index contributed by atoms with van der Waals surface area (Å²) in [5, 5.41) is 23.6. The number of hydrogen-bond acceptors (Lipinski definition) is 6. The van der Waals surface area contributed by atoms with Gasteiger partial charge in [-0.05, 0) is 36.4 Å². The summed E-state index contributed by atoms with van der Waals surface area (Å²) in [6.07, 6.45) is -0.186. The number of carbonyl (C=O) groups excluding carboxylic acids is 1. The van der Waals surface area contributed by atoms with Crippen LogP contribution in [0.3, 0.4) is 0 Å². The Labute approximate surface area is 181 Å². The van der Waals surface area contributed by atoms with E-state index in [2.05, 4.69) is 5.32 Å². The van der Waals surface area contributed by atoms with Crippen molar-refractivity contribution in [2.75, 3.05) is 31.6 Å². The number of β-amino-alcohol motifs (C(OH)–C–C–N with tert-alkyl or cyclic N) is 1. The zero-order chi connectivity index (χ0) is 21.5. The van der Waals surface area contributed by atoms with Crippen molar-refractivity contribution in [3.05, 3.63) is 53.6 Å². The summed E-state index contributed by atoms with van der Waals surface area (Å²) in [5.74, 6) is 1.03. The van der Waals surface area contributed by atoms with Crippen LogP contribution in [0.25, 0.3) is 0 Å². The highest BCUT2D eigenvalue weighted by Crippen LogP contribution is 2.26. The van der Waals surface area contributed by atoms with Crippen molar-refractivity contribution in [1.82, 2.24) is 4.90 Å². The summed E-state index contributed by atoms with van der Waals surface area (Å²) in [6, 6.07) is 14.1. The van der Waals surface area contributed by atoms with E-state index in [1.807, 2.05) is 17.0 Å². The molecule has 3 rings (SSSR count). The van der Waals surface area contributed by atoms with Crippen LogP contribution in [-0.2, 0) is 4.79 Å². The first-order valence-electron chi connectivity index (χ1n) is 9.89. The van der Waals surface area contributed by atoms with Crippen LogP contribution < -0.4 is 14.8 Å². The van der Waals surface area contributed by atoms with E-state index in [0.717, 1.165) is 5.75 Å². The minimum Gasteiger partial charge on any atom is -0.489 e. The summed E-state index contributed by atoms with van der Waals surface area (Å²) in [7, 11) is 0. The lowest BCUT2D eigenvalue weighted by Gasteiger charge is -2.25. The lowest BCUT2D eigenvalue weighted by atomic mass is 10.2. The molecule has 1 aliphatic heterocycles. The van der Waals surface area contributed by atoms with Gasteiger partial charge < -0.3 is 25.0 Å². The first kappa shape index (κ1) is 22.4. The Bertz CT molecular complexity index is 833. The lowest BCUT2D eigenvalue weighted by molar-refractivity contribution is -0.114. The average molecular weight is 435 g/mol. The largest absolute Gasteiger partial charge is 0.489 e. The number of aliphatic hydroxyl groups is 2. The molecule has 0 radical (unpaired) electrons. The summed E-state index contributed by atoms with van der Waals surface area (Å²) in [5.41, 5.74) is 0.558. The summed E-state index contributed by atoms with van der Waals surface area (Å²) in [6.45, 7) is 2.41. The molecule has 7 nitrogen and oxygen atoms in total. The maximum atomic E-state index is 11.3. The average Bonchev–Trinajstić information content (AvgIpc) is 3.09. The number of hydrogen-bond donors (Lipinski definition) is 3. The van der Waals surface area contributed by atoms with Gasteiger partial charge in [0.1, 0.15) is 30.3 Å². The van der Waals surface area contributed by atoms with Crippen molar-refractivity contribution in [3.63, 3.8) is 0 Å². The molecule has 0 aliphatic carbocycles. The number of nitrogens with zero attached hydrogens (tertiary/aromatic N) is 1. The third kappa shape index (κ3) is 6.34. The van der Waals surface area contributed by atoms with Gasteiger partial charge in [0, 0.05) is 37.5 Å². The fraction of sp³-hybridized carbons (Fsp3) is 0.409. The molecule has 8 heteroatoms. The number of likely N-dealkylation sites (tertiary alicyclic amines) is 1. The Morgan fingerprint density at radius 3 is 2.70 bits per heavy atom. The minimum absolute atomic E-state index is 0.0145. The highest BCUT2D eigenvalue weighted by Gasteiger charge is 2.34. The van der Waals surface area contributed by atoms with Gasteiger partial charge in [-0.25, -0.2) is 0 Å². The summed E-state index contributed by atoms with van der Waals surface area (Å²) in [4.78, 5) is 13.3. The van der Waals surface area contributed by atoms with E-state index in [0.29, 0.717) is 36.0 Å². The van der Waals surface area contributed by atoms with Crippen molar-refractivity contribution >= 4 is 23.2 Å². The number of benzene rings is 2. The van der Waals surface area contributed by atoms with E-state index in [-0.39, 0.29) is 31.3 Å². The Hall–Kier alpha value is -2.32. The van der Waals surface area contributed by atoms with Crippen molar-refractivity contribution in [2.24, 2.45) is 0 Å². The molecule has 162 valence electrons. The number of carbonyl (C=O) groups is 1. The second-order valence-electron chi connectivity index (χ2n) is 7.36. The van der Waals surface area contributed by atoms with Crippen LogP contribution in [0.4, 0.5) is 5.69 Å². The second-order valence-corrected chi connectivity index (χ2v) is 7.80. The molecule has 3 N–H and O–H groups in total. The lowest BCUT2D eigenvalue weighted by Crippen LogP contribution is -2.40. The normalized spacial score (nSPS) is 20.0. The van der Waals surface area contributed by atoms with Crippen LogP contribution in [0.5, 0.6) is 11.5 Å². The Morgan fingerprint density at radius 2 is 2.00 bits per heavy atom. The third-order valence-corrected chi connectivity index (χ3v) is 5.14. The highest BCUT2D eigenvalue weighted by atomic mass is 35.5. The SMILES string of the molecule is CC(=O)Nc1ccccc1OCC(O)CN1CC(Oc2ccc(Cl)cc2)CC1CO. The van der Waals surface area contributed by atoms with Crippen molar-refractivity contribution in [1.29, 1.82) is 0 Å². The van der Waals surface area contributed by atoms with Crippen LogP contribution in [-0.4, -0.2) is 65.6 Å². The highest BCUT2D eigenvalue weighted by molar-refractivity contribution is 6.30. The van der Waals surface area contributed by atoms with Gasteiger partial charge in [0.05, 0.1) is 12.3 Å². The fourth-order valence-corrected chi connectivity index (χ4v) is 3.66. The number of amides is 1. The van der Waals surface area contributed by atoms with E-state index in [4.69, 9.17) is 21.1 Å². The predicted octanol–water partition coefficient (Wildman–Crippen LogP) is 2.55. The summed E-state index contributed by atoms with van der Waals surface area (Å²) >= 11 is 5.91. The molecule has 0 aromatic heterocycles. The molecule has 0 spiro atoms. The van der Waals surface area contributed by atoms with Gasteiger partial charge in [-0.15, -0.1) is 0 Å². The molecular weight excluding hydrogens is 408 g/mol. The quantitative estimate of drug-likeness (QED) is 0.562. The van der Waals surface area contributed by atoms with E-state index < -0.39 is 6.10 Å². The van der Waals surface area contributed by atoms with Crippen molar-refractivity contribution in [2.45, 2.75) is 31.6 Å². The summed E-state index contributed by atoms with van der Waals surface area (Å²) < 4.78 is 11.7. The van der Waals surface area contributed by atoms with Gasteiger partial charge in [0.25, 0.3) is 0 Å². The molecule has 30 heavy (non-hydrogen) atoms. The third-order valence-electron chi connectivity index (χ3n) is 4.89. The smallest absolute Gasteiger partial charge is 0.221 e. The number of nitrogens with one attached hydrogen (secondary N) is 1. The van der Waals surface area contributed by atoms with E-state index in [1.54, 1.807) is 36.4 Å². The first-order chi connectivity index (χ1) is 14.4. The van der Waals surface area contributed by atoms with Crippen LogP contribution in [0.1, 0.15) is 13.3 Å². The molecule has 3 atom stereocenters. The fourth-order valence-electron chi connectivity index (χ4n) is 3.54. The van der Waals surface area contributed by atoms with Crippen LogP contribution in [0.15, 0.2) is 48.5 Å².